The minimum Gasteiger partial charge on any atom is -0.313 e. The Labute approximate surface area is 99.6 Å². The maximum Gasteiger partial charge on any atom is 0.0208 e. The van der Waals surface area contributed by atoms with Crippen LogP contribution in [0.25, 0.3) is 6.08 Å². The van der Waals surface area contributed by atoms with E-state index in [4.69, 9.17) is 0 Å². The van der Waals surface area contributed by atoms with Gasteiger partial charge in [-0.15, -0.1) is 0 Å². The lowest BCUT2D eigenvalue weighted by Gasteiger charge is -2.11. The maximum atomic E-state index is 3.39. The van der Waals surface area contributed by atoms with E-state index >= 15 is 0 Å². The highest BCUT2D eigenvalue weighted by molar-refractivity contribution is 5.57. The average Bonchev–Trinajstić information content (AvgIpc) is 2.28. The summed E-state index contributed by atoms with van der Waals surface area (Å²) in [4.78, 5) is 0. The summed E-state index contributed by atoms with van der Waals surface area (Å²) in [5.74, 6) is 0. The normalized spacial score (nSPS) is 11.2. The van der Waals surface area contributed by atoms with E-state index in [1.54, 1.807) is 0 Å². The van der Waals surface area contributed by atoms with Gasteiger partial charge in [-0.25, -0.2) is 0 Å². The van der Waals surface area contributed by atoms with Gasteiger partial charge in [-0.2, -0.15) is 0 Å². The SMILES string of the molecule is CC/C=C\c1cc(C)cc(CNCC)c1C. The van der Waals surface area contributed by atoms with Gasteiger partial charge in [0.25, 0.3) is 0 Å². The first-order valence-electron chi connectivity index (χ1n) is 6.16. The molecule has 0 radical (unpaired) electrons. The Morgan fingerprint density at radius 3 is 2.56 bits per heavy atom. The van der Waals surface area contributed by atoms with Crippen molar-refractivity contribution < 1.29 is 0 Å². The molecule has 0 aliphatic heterocycles. The first-order valence-corrected chi connectivity index (χ1v) is 6.16. The molecule has 16 heavy (non-hydrogen) atoms. The molecular weight excluding hydrogens is 194 g/mol. The van der Waals surface area contributed by atoms with Crippen molar-refractivity contribution in [2.45, 2.75) is 40.7 Å². The number of allylic oxidation sites excluding steroid dienone is 1. The minimum atomic E-state index is 0.969. The molecule has 0 heterocycles. The molecular formula is C15H23N. The first-order chi connectivity index (χ1) is 7.69. The number of hydrogen-bond acceptors (Lipinski definition) is 1. The molecule has 1 N–H and O–H groups in total. The van der Waals surface area contributed by atoms with Gasteiger partial charge in [0.15, 0.2) is 0 Å². The standard InChI is InChI=1S/C15H23N/c1-5-7-8-14-9-12(3)10-15(13(14)4)11-16-6-2/h7-10,16H,5-6,11H2,1-4H3/b8-7-. The summed E-state index contributed by atoms with van der Waals surface area (Å²) in [6.45, 7) is 10.7. The summed E-state index contributed by atoms with van der Waals surface area (Å²) >= 11 is 0. The van der Waals surface area contributed by atoms with Crippen molar-refractivity contribution in [3.8, 4) is 0 Å². The molecule has 0 amide bonds. The fourth-order valence-corrected chi connectivity index (χ4v) is 1.82. The average molecular weight is 217 g/mol. The summed E-state index contributed by atoms with van der Waals surface area (Å²) in [6, 6.07) is 4.54. The van der Waals surface area contributed by atoms with E-state index < -0.39 is 0 Å². The van der Waals surface area contributed by atoms with E-state index in [1.807, 2.05) is 0 Å². The van der Waals surface area contributed by atoms with Gasteiger partial charge >= 0.3 is 0 Å². The molecule has 0 aliphatic rings. The maximum absolute atomic E-state index is 3.39. The Morgan fingerprint density at radius 1 is 1.19 bits per heavy atom. The highest BCUT2D eigenvalue weighted by atomic mass is 14.8. The number of aryl methyl sites for hydroxylation is 1. The van der Waals surface area contributed by atoms with E-state index in [9.17, 15) is 0 Å². The molecule has 0 bridgehead atoms. The molecule has 0 atom stereocenters. The molecule has 1 aromatic carbocycles. The zero-order valence-electron chi connectivity index (χ0n) is 10.9. The Morgan fingerprint density at radius 2 is 1.94 bits per heavy atom. The monoisotopic (exact) mass is 217 g/mol. The predicted molar refractivity (Wildman–Crippen MR) is 72.6 cm³/mol. The van der Waals surface area contributed by atoms with Crippen molar-refractivity contribution in [3.63, 3.8) is 0 Å². The van der Waals surface area contributed by atoms with Crippen molar-refractivity contribution in [2.75, 3.05) is 6.54 Å². The van der Waals surface area contributed by atoms with E-state index in [0.29, 0.717) is 0 Å². The van der Waals surface area contributed by atoms with E-state index in [-0.39, 0.29) is 0 Å². The van der Waals surface area contributed by atoms with Gasteiger partial charge < -0.3 is 5.32 Å². The third-order valence-electron chi connectivity index (χ3n) is 2.80. The van der Waals surface area contributed by atoms with E-state index in [2.05, 4.69) is 57.3 Å². The van der Waals surface area contributed by atoms with Crippen LogP contribution in [0.5, 0.6) is 0 Å². The van der Waals surface area contributed by atoms with E-state index in [0.717, 1.165) is 19.5 Å². The van der Waals surface area contributed by atoms with Gasteiger partial charge in [0.1, 0.15) is 0 Å². The fourth-order valence-electron chi connectivity index (χ4n) is 1.82. The van der Waals surface area contributed by atoms with Gasteiger partial charge in [0, 0.05) is 6.54 Å². The van der Waals surface area contributed by atoms with Crippen molar-refractivity contribution in [2.24, 2.45) is 0 Å². The number of benzene rings is 1. The van der Waals surface area contributed by atoms with Crippen LogP contribution in [0.15, 0.2) is 18.2 Å². The van der Waals surface area contributed by atoms with E-state index in [1.165, 1.54) is 22.3 Å². The molecule has 0 aliphatic carbocycles. The summed E-state index contributed by atoms with van der Waals surface area (Å²) < 4.78 is 0. The Hall–Kier alpha value is -1.08. The van der Waals surface area contributed by atoms with Crippen molar-refractivity contribution in [3.05, 3.63) is 40.5 Å². The van der Waals surface area contributed by atoms with Gasteiger partial charge in [-0.05, 0) is 43.5 Å². The molecule has 0 unspecified atom stereocenters. The lowest BCUT2D eigenvalue weighted by atomic mass is 9.98. The molecule has 0 saturated carbocycles. The quantitative estimate of drug-likeness (QED) is 0.790. The van der Waals surface area contributed by atoms with Crippen molar-refractivity contribution in [1.82, 2.24) is 5.32 Å². The third-order valence-corrected chi connectivity index (χ3v) is 2.80. The van der Waals surface area contributed by atoms with Crippen LogP contribution >= 0.6 is 0 Å². The second-order valence-electron chi connectivity index (χ2n) is 4.23. The van der Waals surface area contributed by atoms with Crippen LogP contribution < -0.4 is 5.32 Å². The zero-order chi connectivity index (χ0) is 12.0. The molecule has 1 rings (SSSR count). The van der Waals surface area contributed by atoms with Crippen LogP contribution in [-0.2, 0) is 6.54 Å². The predicted octanol–water partition coefficient (Wildman–Crippen LogP) is 3.84. The molecule has 88 valence electrons. The zero-order valence-corrected chi connectivity index (χ0v) is 10.9. The molecule has 1 nitrogen and oxygen atoms in total. The Balaban J connectivity index is 3.00. The van der Waals surface area contributed by atoms with Crippen LogP contribution in [-0.4, -0.2) is 6.54 Å². The minimum absolute atomic E-state index is 0.969. The summed E-state index contributed by atoms with van der Waals surface area (Å²) in [5, 5.41) is 3.39. The van der Waals surface area contributed by atoms with Crippen LogP contribution in [0.1, 0.15) is 42.5 Å². The Bertz CT molecular complexity index is 364. The topological polar surface area (TPSA) is 12.0 Å². The molecule has 0 spiro atoms. The largest absolute Gasteiger partial charge is 0.313 e. The smallest absolute Gasteiger partial charge is 0.0208 e. The third kappa shape index (κ3) is 3.49. The highest BCUT2D eigenvalue weighted by Gasteiger charge is 2.03. The van der Waals surface area contributed by atoms with Crippen LogP contribution in [0, 0.1) is 13.8 Å². The molecule has 0 aromatic heterocycles. The summed E-state index contributed by atoms with van der Waals surface area (Å²) in [7, 11) is 0. The van der Waals surface area contributed by atoms with Crippen LogP contribution in [0.3, 0.4) is 0 Å². The summed E-state index contributed by atoms with van der Waals surface area (Å²) in [5.41, 5.74) is 5.51. The number of hydrogen-bond donors (Lipinski definition) is 1. The van der Waals surface area contributed by atoms with Gasteiger partial charge in [0.05, 0.1) is 0 Å². The Kier molecular flexibility index (Phi) is 5.27. The lowest BCUT2D eigenvalue weighted by molar-refractivity contribution is 0.723. The molecule has 1 aromatic rings. The van der Waals surface area contributed by atoms with Crippen LogP contribution in [0.4, 0.5) is 0 Å². The lowest BCUT2D eigenvalue weighted by Crippen LogP contribution is -2.13. The molecule has 0 fully saturated rings. The van der Waals surface area contributed by atoms with Crippen LogP contribution in [0.2, 0.25) is 0 Å². The van der Waals surface area contributed by atoms with Gasteiger partial charge in [0.2, 0.25) is 0 Å². The van der Waals surface area contributed by atoms with Gasteiger partial charge in [-0.1, -0.05) is 43.7 Å². The second kappa shape index (κ2) is 6.49. The molecule has 1 heteroatoms. The van der Waals surface area contributed by atoms with Gasteiger partial charge in [-0.3, -0.25) is 0 Å². The number of rotatable bonds is 5. The number of nitrogens with one attached hydrogen (secondary N) is 1. The van der Waals surface area contributed by atoms with Crippen molar-refractivity contribution >= 4 is 6.08 Å². The van der Waals surface area contributed by atoms with Crippen molar-refractivity contribution in [1.29, 1.82) is 0 Å². The summed E-state index contributed by atoms with van der Waals surface area (Å²) in [6.07, 6.45) is 5.55. The first kappa shape index (κ1) is 13.0. The second-order valence-corrected chi connectivity index (χ2v) is 4.23. The molecule has 0 saturated heterocycles. The fraction of sp³-hybridized carbons (Fsp3) is 0.467. The highest BCUT2D eigenvalue weighted by Crippen LogP contribution is 2.18.